The van der Waals surface area contributed by atoms with Crippen molar-refractivity contribution in [2.45, 2.75) is 12.5 Å². The number of aliphatic hydroxyl groups is 1. The average molecular weight is 162 g/mol. The third-order valence-electron chi connectivity index (χ3n) is 1.07. The predicted octanol–water partition coefficient (Wildman–Crippen LogP) is -1.39. The van der Waals surface area contributed by atoms with Crippen molar-refractivity contribution in [1.29, 1.82) is 0 Å². The molecule has 0 aromatic heterocycles. The summed E-state index contributed by atoms with van der Waals surface area (Å²) in [7, 11) is 0. The zero-order valence-electron chi connectivity index (χ0n) is 5.77. The molecule has 6 nitrogen and oxygen atoms in total. The van der Waals surface area contributed by atoms with Crippen LogP contribution in [0.25, 0.3) is 0 Å². The first kappa shape index (κ1) is 9.86. The van der Waals surface area contributed by atoms with Gasteiger partial charge < -0.3 is 21.2 Å². The summed E-state index contributed by atoms with van der Waals surface area (Å²) in [6.45, 7) is -0.0632. The Kier molecular flexibility index (Phi) is 4.16. The Hall–Kier alpha value is -1.14. The van der Waals surface area contributed by atoms with E-state index < -0.39 is 17.8 Å². The molecule has 0 radical (unpaired) electrons. The summed E-state index contributed by atoms with van der Waals surface area (Å²) in [5.74, 6) is -1.36. The average Bonchev–Trinajstić information content (AvgIpc) is 1.99. The van der Waals surface area contributed by atoms with Crippen LogP contribution in [0.4, 0.5) is 0 Å². The zero-order chi connectivity index (χ0) is 8.85. The van der Waals surface area contributed by atoms with Gasteiger partial charge in [-0.1, -0.05) is 5.16 Å². The molecule has 11 heavy (non-hydrogen) atoms. The van der Waals surface area contributed by atoms with Crippen molar-refractivity contribution in [1.82, 2.24) is 0 Å². The normalized spacial score (nSPS) is 14.5. The van der Waals surface area contributed by atoms with E-state index in [-0.39, 0.29) is 13.0 Å². The van der Waals surface area contributed by atoms with Gasteiger partial charge in [0, 0.05) is 13.0 Å². The molecule has 0 amide bonds. The van der Waals surface area contributed by atoms with Crippen LogP contribution in [0.3, 0.4) is 0 Å². The van der Waals surface area contributed by atoms with E-state index in [1.54, 1.807) is 0 Å². The van der Waals surface area contributed by atoms with Crippen molar-refractivity contribution < 1.29 is 20.2 Å². The maximum Gasteiger partial charge on any atom is 0.353 e. The summed E-state index contributed by atoms with van der Waals surface area (Å²) in [5.41, 5.74) is 4.50. The minimum Gasteiger partial charge on any atom is -0.477 e. The Morgan fingerprint density at radius 3 is 2.45 bits per heavy atom. The number of nitrogens with two attached hydrogens (primary N) is 1. The molecule has 0 spiro atoms. The van der Waals surface area contributed by atoms with Crippen LogP contribution in [0.15, 0.2) is 5.16 Å². The second-order valence-electron chi connectivity index (χ2n) is 1.95. The Bertz CT molecular complexity index is 168. The van der Waals surface area contributed by atoms with Gasteiger partial charge in [-0.15, -0.1) is 0 Å². The number of oxime groups is 1. The van der Waals surface area contributed by atoms with Crippen LogP contribution in [0.1, 0.15) is 6.42 Å². The number of aliphatic carboxylic acids is 1. The lowest BCUT2D eigenvalue weighted by atomic mass is 10.2. The van der Waals surface area contributed by atoms with Crippen molar-refractivity contribution in [2.75, 3.05) is 6.54 Å². The van der Waals surface area contributed by atoms with E-state index in [4.69, 9.17) is 21.2 Å². The zero-order valence-corrected chi connectivity index (χ0v) is 5.77. The second kappa shape index (κ2) is 4.64. The number of hydrogen-bond acceptors (Lipinski definition) is 5. The van der Waals surface area contributed by atoms with Gasteiger partial charge in [-0.3, -0.25) is 0 Å². The molecule has 0 unspecified atom stereocenters. The number of carbonyl (C=O) groups is 1. The van der Waals surface area contributed by atoms with Gasteiger partial charge in [0.15, 0.2) is 5.71 Å². The van der Waals surface area contributed by atoms with E-state index in [0.717, 1.165) is 0 Å². The first-order chi connectivity index (χ1) is 5.11. The van der Waals surface area contributed by atoms with Crippen LogP contribution in [0.2, 0.25) is 0 Å². The first-order valence-electron chi connectivity index (χ1n) is 2.94. The minimum absolute atomic E-state index is 0.0632. The summed E-state index contributed by atoms with van der Waals surface area (Å²) in [6.07, 6.45) is -1.22. The number of carboxylic acid groups (broad SMARTS) is 1. The monoisotopic (exact) mass is 162 g/mol. The van der Waals surface area contributed by atoms with Crippen LogP contribution in [-0.4, -0.2) is 39.8 Å². The van der Waals surface area contributed by atoms with Crippen LogP contribution < -0.4 is 5.73 Å². The van der Waals surface area contributed by atoms with Crippen molar-refractivity contribution in [2.24, 2.45) is 10.9 Å². The largest absolute Gasteiger partial charge is 0.477 e. The van der Waals surface area contributed by atoms with Crippen molar-refractivity contribution in [3.8, 4) is 0 Å². The summed E-state index contributed by atoms with van der Waals surface area (Å²) in [5, 5.41) is 27.7. The molecule has 0 bridgehead atoms. The lowest BCUT2D eigenvalue weighted by molar-refractivity contribution is -0.129. The molecule has 0 aliphatic carbocycles. The summed E-state index contributed by atoms with van der Waals surface area (Å²) in [4.78, 5) is 10.1. The molecule has 0 saturated carbocycles. The highest BCUT2D eigenvalue weighted by molar-refractivity contribution is 6.35. The number of aliphatic hydroxyl groups excluding tert-OH is 1. The maximum atomic E-state index is 10.1. The SMILES string of the molecule is NC[C@H](O)C/C(=N/O)C(=O)O. The highest BCUT2D eigenvalue weighted by Gasteiger charge is 2.14. The fraction of sp³-hybridized carbons (Fsp3) is 0.600. The Balaban J connectivity index is 4.00. The molecular formula is C5H10N2O4. The van der Waals surface area contributed by atoms with Gasteiger partial charge in [0.1, 0.15) is 0 Å². The Labute approximate surface area is 62.9 Å². The fourth-order valence-electron chi connectivity index (χ4n) is 0.477. The molecule has 0 aliphatic rings. The lowest BCUT2D eigenvalue weighted by Gasteiger charge is -2.04. The number of rotatable bonds is 4. The van der Waals surface area contributed by atoms with E-state index in [2.05, 4.69) is 5.16 Å². The molecule has 5 N–H and O–H groups in total. The molecular weight excluding hydrogens is 152 g/mol. The predicted molar refractivity (Wildman–Crippen MR) is 36.5 cm³/mol. The quantitative estimate of drug-likeness (QED) is 0.231. The van der Waals surface area contributed by atoms with E-state index in [1.165, 1.54) is 0 Å². The van der Waals surface area contributed by atoms with Gasteiger partial charge in [0.2, 0.25) is 0 Å². The molecule has 6 heteroatoms. The number of nitrogens with zero attached hydrogens (tertiary/aromatic N) is 1. The smallest absolute Gasteiger partial charge is 0.353 e. The molecule has 0 rings (SSSR count). The standard InChI is InChI=1S/C5H10N2O4/c6-2-3(8)1-4(7-11)5(9)10/h3,8,11H,1-2,6H2,(H,9,10)/b7-4-/t3-/m1/s1. The van der Waals surface area contributed by atoms with Crippen molar-refractivity contribution in [3.63, 3.8) is 0 Å². The summed E-state index contributed by atoms with van der Waals surface area (Å²) >= 11 is 0. The number of hydrogen-bond donors (Lipinski definition) is 4. The highest BCUT2D eigenvalue weighted by atomic mass is 16.4. The molecule has 64 valence electrons. The topological polar surface area (TPSA) is 116 Å². The molecule has 0 aliphatic heterocycles. The fourth-order valence-corrected chi connectivity index (χ4v) is 0.477. The van der Waals surface area contributed by atoms with Crippen molar-refractivity contribution >= 4 is 11.7 Å². The first-order valence-corrected chi connectivity index (χ1v) is 2.94. The van der Waals surface area contributed by atoms with Crippen LogP contribution in [0.5, 0.6) is 0 Å². The maximum absolute atomic E-state index is 10.1. The van der Waals surface area contributed by atoms with Gasteiger partial charge in [-0.2, -0.15) is 0 Å². The van der Waals surface area contributed by atoms with Gasteiger partial charge in [-0.05, 0) is 0 Å². The van der Waals surface area contributed by atoms with Crippen LogP contribution in [0, 0.1) is 0 Å². The molecule has 0 aromatic rings. The van der Waals surface area contributed by atoms with Crippen LogP contribution >= 0.6 is 0 Å². The molecule has 0 heterocycles. The molecule has 0 fully saturated rings. The number of carboxylic acids is 1. The van der Waals surface area contributed by atoms with Gasteiger partial charge in [0.05, 0.1) is 6.10 Å². The van der Waals surface area contributed by atoms with Gasteiger partial charge in [-0.25, -0.2) is 4.79 Å². The summed E-state index contributed by atoms with van der Waals surface area (Å²) in [6, 6.07) is 0. The van der Waals surface area contributed by atoms with Crippen LogP contribution in [-0.2, 0) is 4.79 Å². The van der Waals surface area contributed by atoms with Gasteiger partial charge >= 0.3 is 5.97 Å². The highest BCUT2D eigenvalue weighted by Crippen LogP contribution is 1.92. The van der Waals surface area contributed by atoms with E-state index in [9.17, 15) is 4.79 Å². The molecule has 0 aromatic carbocycles. The Morgan fingerprint density at radius 2 is 2.18 bits per heavy atom. The van der Waals surface area contributed by atoms with E-state index in [0.29, 0.717) is 0 Å². The van der Waals surface area contributed by atoms with E-state index >= 15 is 0 Å². The third kappa shape index (κ3) is 3.54. The minimum atomic E-state index is -1.36. The Morgan fingerprint density at radius 1 is 1.64 bits per heavy atom. The van der Waals surface area contributed by atoms with Gasteiger partial charge in [0.25, 0.3) is 0 Å². The van der Waals surface area contributed by atoms with E-state index in [1.807, 2.05) is 0 Å². The lowest BCUT2D eigenvalue weighted by Crippen LogP contribution is -2.26. The third-order valence-corrected chi connectivity index (χ3v) is 1.07. The second-order valence-corrected chi connectivity index (χ2v) is 1.95. The molecule has 0 saturated heterocycles. The summed E-state index contributed by atoms with van der Waals surface area (Å²) < 4.78 is 0. The van der Waals surface area contributed by atoms with Crippen molar-refractivity contribution in [3.05, 3.63) is 0 Å². The molecule has 1 atom stereocenters.